The van der Waals surface area contributed by atoms with E-state index >= 15 is 0 Å². The lowest BCUT2D eigenvalue weighted by Gasteiger charge is -2.33. The summed E-state index contributed by atoms with van der Waals surface area (Å²) in [5.74, 6) is 1.65. The Hall–Kier alpha value is -2.33. The summed E-state index contributed by atoms with van der Waals surface area (Å²) in [6, 6.07) is 3.82. The summed E-state index contributed by atoms with van der Waals surface area (Å²) in [7, 11) is 0. The number of anilines is 1. The van der Waals surface area contributed by atoms with Gasteiger partial charge in [0, 0.05) is 29.0 Å². The third-order valence-corrected chi connectivity index (χ3v) is 9.20. The number of carbonyl (C=O) groups excluding carboxylic acids is 2. The number of likely N-dealkylation sites (tertiary alicyclic amines) is 1. The number of nitrogens with two attached hydrogens (primary N) is 1. The average molecular weight is 717 g/mol. The lowest BCUT2D eigenvalue weighted by molar-refractivity contribution is -0.157. The van der Waals surface area contributed by atoms with Crippen molar-refractivity contribution in [2.75, 3.05) is 30.0 Å². The average Bonchev–Trinajstić information content (AvgIpc) is 3.51. The summed E-state index contributed by atoms with van der Waals surface area (Å²) in [6.45, 7) is 3.81. The highest BCUT2D eigenvalue weighted by Crippen LogP contribution is 2.43. The van der Waals surface area contributed by atoms with Crippen LogP contribution in [0.25, 0.3) is 11.2 Å². The molecule has 2 N–H and O–H groups in total. The van der Waals surface area contributed by atoms with E-state index in [1.54, 1.807) is 11.8 Å². The number of aromatic nitrogens is 4. The SMILES string of the molecule is CC(OC(=O)CI)C(=O)N1CCC(CCn2c(Sc3cc4c(cc3Br)OCO4)nc3c(N)ncnc32)CC1. The molecule has 5 rings (SSSR count). The van der Waals surface area contributed by atoms with Gasteiger partial charge < -0.3 is 29.4 Å². The second-order valence-electron chi connectivity index (χ2n) is 9.04. The van der Waals surface area contributed by atoms with E-state index in [0.29, 0.717) is 54.0 Å². The van der Waals surface area contributed by atoms with Gasteiger partial charge in [0.1, 0.15) is 6.33 Å². The summed E-state index contributed by atoms with van der Waals surface area (Å²) in [5, 5.41) is 0.755. The topological polar surface area (TPSA) is 135 Å². The number of fused-ring (bicyclic) bond motifs is 2. The largest absolute Gasteiger partial charge is 0.454 e. The molecule has 202 valence electrons. The van der Waals surface area contributed by atoms with Crippen molar-refractivity contribution in [3.8, 4) is 11.5 Å². The number of esters is 1. The number of hydrogen-bond acceptors (Lipinski definition) is 10. The number of nitrogen functional groups attached to an aromatic ring is 1. The first-order valence-electron chi connectivity index (χ1n) is 12.1. The molecule has 1 amide bonds. The number of halogens is 2. The minimum absolute atomic E-state index is 0.137. The van der Waals surface area contributed by atoms with Gasteiger partial charge in [0.25, 0.3) is 5.91 Å². The van der Waals surface area contributed by atoms with Crippen LogP contribution in [-0.4, -0.2) is 66.7 Å². The molecule has 38 heavy (non-hydrogen) atoms. The van der Waals surface area contributed by atoms with Gasteiger partial charge in [0.05, 0.1) is 4.43 Å². The zero-order chi connectivity index (χ0) is 26.8. The molecule has 1 aromatic carbocycles. The predicted molar refractivity (Wildman–Crippen MR) is 152 cm³/mol. The Morgan fingerprint density at radius 1 is 1.26 bits per heavy atom. The molecule has 3 aromatic rings. The van der Waals surface area contributed by atoms with Crippen molar-refractivity contribution in [3.05, 3.63) is 22.9 Å². The summed E-state index contributed by atoms with van der Waals surface area (Å²) >= 11 is 7.05. The molecule has 0 radical (unpaired) electrons. The summed E-state index contributed by atoms with van der Waals surface area (Å²) in [4.78, 5) is 40.3. The Labute approximate surface area is 245 Å². The molecule has 1 atom stereocenters. The number of aryl methyl sites for hydroxylation is 1. The molecule has 2 aliphatic rings. The minimum atomic E-state index is -0.758. The molecule has 1 fully saturated rings. The fourth-order valence-corrected chi connectivity index (χ4v) is 6.27. The summed E-state index contributed by atoms with van der Waals surface area (Å²) in [6.07, 6.45) is 3.34. The maximum Gasteiger partial charge on any atom is 0.316 e. The Bertz CT molecular complexity index is 1370. The van der Waals surface area contributed by atoms with Gasteiger partial charge in [0.15, 0.2) is 39.7 Å². The number of amides is 1. The van der Waals surface area contributed by atoms with E-state index in [1.165, 1.54) is 18.1 Å². The highest BCUT2D eigenvalue weighted by atomic mass is 127. The highest BCUT2D eigenvalue weighted by Gasteiger charge is 2.28. The van der Waals surface area contributed by atoms with Gasteiger partial charge in [-0.25, -0.2) is 15.0 Å². The molecular weight excluding hydrogens is 691 g/mol. The molecule has 11 nitrogen and oxygen atoms in total. The van der Waals surface area contributed by atoms with Crippen LogP contribution in [0.5, 0.6) is 11.5 Å². The maximum atomic E-state index is 12.7. The van der Waals surface area contributed by atoms with E-state index in [-0.39, 0.29) is 23.1 Å². The fourth-order valence-electron chi connectivity index (χ4n) is 4.58. The molecular formula is C24H26BrIN6O5S. The highest BCUT2D eigenvalue weighted by molar-refractivity contribution is 14.1. The monoisotopic (exact) mass is 716 g/mol. The third kappa shape index (κ3) is 5.81. The van der Waals surface area contributed by atoms with Crippen LogP contribution < -0.4 is 15.2 Å². The van der Waals surface area contributed by atoms with Crippen LogP contribution >= 0.6 is 50.3 Å². The number of alkyl halides is 1. The van der Waals surface area contributed by atoms with E-state index in [9.17, 15) is 9.59 Å². The van der Waals surface area contributed by atoms with Crippen LogP contribution in [0.15, 0.2) is 33.0 Å². The minimum Gasteiger partial charge on any atom is -0.454 e. The second-order valence-corrected chi connectivity index (χ2v) is 11.7. The van der Waals surface area contributed by atoms with Gasteiger partial charge in [-0.15, -0.1) is 0 Å². The van der Waals surface area contributed by atoms with Gasteiger partial charge in [0.2, 0.25) is 6.79 Å². The van der Waals surface area contributed by atoms with Crippen LogP contribution in [0, 0.1) is 5.92 Å². The molecule has 4 heterocycles. The Balaban J connectivity index is 1.28. The van der Waals surface area contributed by atoms with Gasteiger partial charge in [-0.1, -0.05) is 34.4 Å². The van der Waals surface area contributed by atoms with E-state index in [2.05, 4.69) is 30.5 Å². The number of benzene rings is 1. The number of ether oxygens (including phenoxy) is 3. The molecule has 0 aliphatic carbocycles. The number of nitrogens with zero attached hydrogens (tertiary/aromatic N) is 5. The third-order valence-electron chi connectivity index (χ3n) is 6.61. The zero-order valence-corrected chi connectivity index (χ0v) is 25.1. The molecule has 1 unspecified atom stereocenters. The first-order chi connectivity index (χ1) is 18.3. The Morgan fingerprint density at radius 2 is 2.00 bits per heavy atom. The first kappa shape index (κ1) is 27.2. The van der Waals surface area contributed by atoms with Crippen molar-refractivity contribution in [3.63, 3.8) is 0 Å². The summed E-state index contributed by atoms with van der Waals surface area (Å²) in [5.41, 5.74) is 7.39. The Morgan fingerprint density at radius 3 is 2.74 bits per heavy atom. The smallest absolute Gasteiger partial charge is 0.316 e. The summed E-state index contributed by atoms with van der Waals surface area (Å²) < 4.78 is 19.4. The Kier molecular flexibility index (Phi) is 8.47. The normalized spacial score (nSPS) is 16.1. The molecule has 2 aliphatic heterocycles. The standard InChI is InChI=1S/C24H26BrIN6O5S/c1-13(37-19(33)10-26)23(34)31-5-2-14(3-6-31)4-7-32-22-20(21(27)28-11-29-22)30-24(32)38-18-9-17-16(8-15(18)25)35-12-36-17/h8-9,11,13-14H,2-7,10,12H2,1H3,(H2,27,28,29). The number of hydrogen-bond donors (Lipinski definition) is 1. The first-order valence-corrected chi connectivity index (χ1v) is 15.3. The van der Waals surface area contributed by atoms with E-state index in [4.69, 9.17) is 24.9 Å². The molecule has 0 spiro atoms. The van der Waals surface area contributed by atoms with E-state index < -0.39 is 6.10 Å². The van der Waals surface area contributed by atoms with Gasteiger partial charge in [-0.3, -0.25) is 9.59 Å². The van der Waals surface area contributed by atoms with Gasteiger partial charge in [-0.05, 0) is 60.2 Å². The number of piperidine rings is 1. The van der Waals surface area contributed by atoms with E-state index in [0.717, 1.165) is 33.8 Å². The van der Waals surface area contributed by atoms with Gasteiger partial charge >= 0.3 is 5.97 Å². The molecule has 0 bridgehead atoms. The van der Waals surface area contributed by atoms with Crippen molar-refractivity contribution >= 4 is 79.1 Å². The van der Waals surface area contributed by atoms with Gasteiger partial charge in [-0.2, -0.15) is 0 Å². The quantitative estimate of drug-likeness (QED) is 0.207. The lowest BCUT2D eigenvalue weighted by atomic mass is 9.93. The van der Waals surface area contributed by atoms with Crippen LogP contribution in [0.1, 0.15) is 26.2 Å². The second kappa shape index (κ2) is 11.8. The molecule has 14 heteroatoms. The van der Waals surface area contributed by atoms with Crippen LogP contribution in [0.2, 0.25) is 0 Å². The molecule has 0 saturated carbocycles. The van der Waals surface area contributed by atoms with Crippen LogP contribution in [0.3, 0.4) is 0 Å². The number of carbonyl (C=O) groups is 2. The number of imidazole rings is 1. The molecule has 2 aromatic heterocycles. The van der Waals surface area contributed by atoms with E-state index in [1.807, 2.05) is 34.7 Å². The zero-order valence-electron chi connectivity index (χ0n) is 20.6. The maximum absolute atomic E-state index is 12.7. The predicted octanol–water partition coefficient (Wildman–Crippen LogP) is 4.05. The van der Waals surface area contributed by atoms with Crippen molar-refractivity contribution in [2.45, 2.75) is 48.9 Å². The lowest BCUT2D eigenvalue weighted by Crippen LogP contribution is -2.44. The van der Waals surface area contributed by atoms with Crippen LogP contribution in [0.4, 0.5) is 5.82 Å². The molecule has 1 saturated heterocycles. The van der Waals surface area contributed by atoms with Crippen LogP contribution in [-0.2, 0) is 20.9 Å². The van der Waals surface area contributed by atoms with Crippen molar-refractivity contribution in [2.24, 2.45) is 5.92 Å². The van der Waals surface area contributed by atoms with Crippen molar-refractivity contribution in [1.82, 2.24) is 24.4 Å². The fraction of sp³-hybridized carbons (Fsp3) is 0.458. The van der Waals surface area contributed by atoms with Crippen molar-refractivity contribution in [1.29, 1.82) is 0 Å². The number of rotatable bonds is 8. The van der Waals surface area contributed by atoms with Crippen molar-refractivity contribution < 1.29 is 23.8 Å².